The minimum atomic E-state index is 0.454. The molecule has 0 aliphatic carbocycles. The zero-order valence-corrected chi connectivity index (χ0v) is 10.2. The van der Waals surface area contributed by atoms with Crippen molar-refractivity contribution in [2.24, 2.45) is 0 Å². The van der Waals surface area contributed by atoms with E-state index >= 15 is 0 Å². The van der Waals surface area contributed by atoms with Crippen molar-refractivity contribution in [2.75, 3.05) is 6.54 Å². The van der Waals surface area contributed by atoms with Crippen molar-refractivity contribution in [2.45, 2.75) is 40.3 Å². The maximum absolute atomic E-state index is 3.42. The van der Waals surface area contributed by atoms with E-state index in [2.05, 4.69) is 62.0 Å². The van der Waals surface area contributed by atoms with Gasteiger partial charge in [-0.05, 0) is 45.5 Å². The van der Waals surface area contributed by atoms with Gasteiger partial charge in [0.05, 0.1) is 0 Å². The molecule has 0 bridgehead atoms. The molecule has 1 aromatic heterocycles. The Bertz CT molecular complexity index is 323. The summed E-state index contributed by atoms with van der Waals surface area (Å²) in [5.41, 5.74) is 2.67. The molecule has 0 amide bonds. The Morgan fingerprint density at radius 1 is 1.53 bits per heavy atom. The van der Waals surface area contributed by atoms with Gasteiger partial charge in [-0.1, -0.05) is 12.5 Å². The minimum absolute atomic E-state index is 0.454. The van der Waals surface area contributed by atoms with Crippen LogP contribution in [0.3, 0.4) is 0 Å². The molecule has 1 atom stereocenters. The lowest BCUT2D eigenvalue weighted by Crippen LogP contribution is -2.26. The highest BCUT2D eigenvalue weighted by atomic mass is 14.9. The van der Waals surface area contributed by atoms with Crippen molar-refractivity contribution in [3.8, 4) is 0 Å². The second-order valence-corrected chi connectivity index (χ2v) is 3.89. The van der Waals surface area contributed by atoms with Gasteiger partial charge in [-0.2, -0.15) is 0 Å². The molecule has 0 aliphatic rings. The first-order valence-electron chi connectivity index (χ1n) is 5.75. The molecule has 1 aromatic rings. The zero-order valence-electron chi connectivity index (χ0n) is 10.2. The van der Waals surface area contributed by atoms with E-state index in [-0.39, 0.29) is 0 Å². The Balaban J connectivity index is 2.77. The molecule has 2 nitrogen and oxygen atoms in total. The normalized spacial score (nSPS) is 14.3. The Kier molecular flexibility index (Phi) is 4.63. The lowest BCUT2D eigenvalue weighted by atomic mass is 10.1. The topological polar surface area (TPSA) is 17.0 Å². The number of nitrogens with one attached hydrogen (secondary N) is 1. The van der Waals surface area contributed by atoms with Gasteiger partial charge in [0, 0.05) is 24.5 Å². The number of aromatic nitrogens is 1. The van der Waals surface area contributed by atoms with Crippen LogP contribution in [0, 0.1) is 0 Å². The van der Waals surface area contributed by atoms with E-state index in [1.807, 2.05) is 0 Å². The SMILES string of the molecule is CCNC(C)/C(C)=C/c1cccn1CC. The maximum Gasteiger partial charge on any atom is 0.0406 e. The largest absolute Gasteiger partial charge is 0.348 e. The molecule has 0 spiro atoms. The Morgan fingerprint density at radius 2 is 2.27 bits per heavy atom. The van der Waals surface area contributed by atoms with Crippen LogP contribution in [0.2, 0.25) is 0 Å². The molecule has 0 fully saturated rings. The van der Waals surface area contributed by atoms with Crippen LogP contribution in [0.1, 0.15) is 33.4 Å². The lowest BCUT2D eigenvalue weighted by molar-refractivity contribution is 0.635. The van der Waals surface area contributed by atoms with Crippen LogP contribution >= 0.6 is 0 Å². The van der Waals surface area contributed by atoms with E-state index < -0.39 is 0 Å². The van der Waals surface area contributed by atoms with Gasteiger partial charge in [-0.15, -0.1) is 0 Å². The van der Waals surface area contributed by atoms with Gasteiger partial charge in [0.25, 0.3) is 0 Å². The van der Waals surface area contributed by atoms with E-state index in [9.17, 15) is 0 Å². The first-order chi connectivity index (χ1) is 7.19. The molecule has 84 valence electrons. The third-order valence-corrected chi connectivity index (χ3v) is 2.77. The molecular formula is C13H22N2. The van der Waals surface area contributed by atoms with Crippen molar-refractivity contribution in [1.82, 2.24) is 9.88 Å². The van der Waals surface area contributed by atoms with Gasteiger partial charge in [0.1, 0.15) is 0 Å². The Labute approximate surface area is 93.0 Å². The molecule has 1 rings (SSSR count). The van der Waals surface area contributed by atoms with E-state index in [0.717, 1.165) is 13.1 Å². The number of rotatable bonds is 5. The molecule has 15 heavy (non-hydrogen) atoms. The third kappa shape index (κ3) is 3.24. The first kappa shape index (κ1) is 12.1. The van der Waals surface area contributed by atoms with Gasteiger partial charge >= 0.3 is 0 Å². The number of likely N-dealkylation sites (N-methyl/N-ethyl adjacent to an activating group) is 1. The molecule has 0 saturated carbocycles. The summed E-state index contributed by atoms with van der Waals surface area (Å²) in [6.07, 6.45) is 4.38. The average Bonchev–Trinajstić information content (AvgIpc) is 2.65. The van der Waals surface area contributed by atoms with Crippen molar-refractivity contribution in [3.05, 3.63) is 29.6 Å². The van der Waals surface area contributed by atoms with Crippen LogP contribution in [0.5, 0.6) is 0 Å². The summed E-state index contributed by atoms with van der Waals surface area (Å²) in [7, 11) is 0. The highest BCUT2D eigenvalue weighted by molar-refractivity contribution is 5.50. The second-order valence-electron chi connectivity index (χ2n) is 3.89. The molecule has 2 heteroatoms. The molecule has 1 unspecified atom stereocenters. The Hall–Kier alpha value is -1.02. The van der Waals surface area contributed by atoms with Crippen LogP contribution in [0.25, 0.3) is 6.08 Å². The van der Waals surface area contributed by atoms with Gasteiger partial charge in [-0.3, -0.25) is 0 Å². The Morgan fingerprint density at radius 3 is 2.87 bits per heavy atom. The number of nitrogens with zero attached hydrogens (tertiary/aromatic N) is 1. The molecule has 0 aliphatic heterocycles. The van der Waals surface area contributed by atoms with Crippen molar-refractivity contribution in [1.29, 1.82) is 0 Å². The second kappa shape index (κ2) is 5.76. The monoisotopic (exact) mass is 206 g/mol. The molecule has 1 N–H and O–H groups in total. The van der Waals surface area contributed by atoms with E-state index in [4.69, 9.17) is 0 Å². The van der Waals surface area contributed by atoms with Crippen LogP contribution in [0.15, 0.2) is 23.9 Å². The van der Waals surface area contributed by atoms with Crippen LogP contribution in [-0.4, -0.2) is 17.2 Å². The lowest BCUT2D eigenvalue weighted by Gasteiger charge is -2.13. The fraction of sp³-hybridized carbons (Fsp3) is 0.538. The molecule has 1 heterocycles. The van der Waals surface area contributed by atoms with Crippen LogP contribution in [0.4, 0.5) is 0 Å². The van der Waals surface area contributed by atoms with Gasteiger partial charge < -0.3 is 9.88 Å². The minimum Gasteiger partial charge on any atom is -0.348 e. The predicted octanol–water partition coefficient (Wildman–Crippen LogP) is 2.91. The number of hydrogen-bond acceptors (Lipinski definition) is 1. The highest BCUT2D eigenvalue weighted by Crippen LogP contribution is 2.10. The highest BCUT2D eigenvalue weighted by Gasteiger charge is 2.03. The standard InChI is InChI=1S/C13H22N2/c1-5-14-12(4)11(3)10-13-8-7-9-15(13)6-2/h7-10,12,14H,5-6H2,1-4H3/b11-10+. The number of aryl methyl sites for hydroxylation is 1. The summed E-state index contributed by atoms with van der Waals surface area (Å²) in [4.78, 5) is 0. The molecular weight excluding hydrogens is 184 g/mol. The molecule has 0 saturated heterocycles. The van der Waals surface area contributed by atoms with E-state index in [0.29, 0.717) is 6.04 Å². The fourth-order valence-corrected chi connectivity index (χ4v) is 1.67. The quantitative estimate of drug-likeness (QED) is 0.784. The summed E-state index contributed by atoms with van der Waals surface area (Å²) >= 11 is 0. The maximum atomic E-state index is 3.42. The van der Waals surface area contributed by atoms with Crippen molar-refractivity contribution in [3.63, 3.8) is 0 Å². The van der Waals surface area contributed by atoms with Crippen LogP contribution < -0.4 is 5.32 Å². The summed E-state index contributed by atoms with van der Waals surface area (Å²) in [6, 6.07) is 4.71. The van der Waals surface area contributed by atoms with Gasteiger partial charge in [0.15, 0.2) is 0 Å². The van der Waals surface area contributed by atoms with Crippen molar-refractivity contribution < 1.29 is 0 Å². The predicted molar refractivity (Wildman–Crippen MR) is 66.9 cm³/mol. The van der Waals surface area contributed by atoms with Crippen molar-refractivity contribution >= 4 is 6.08 Å². The zero-order chi connectivity index (χ0) is 11.3. The summed E-state index contributed by atoms with van der Waals surface area (Å²) in [6.45, 7) is 10.7. The summed E-state index contributed by atoms with van der Waals surface area (Å²) in [5.74, 6) is 0. The van der Waals surface area contributed by atoms with Gasteiger partial charge in [-0.25, -0.2) is 0 Å². The third-order valence-electron chi connectivity index (χ3n) is 2.77. The molecule has 0 radical (unpaired) electrons. The summed E-state index contributed by atoms with van der Waals surface area (Å²) in [5, 5.41) is 3.42. The average molecular weight is 206 g/mol. The smallest absolute Gasteiger partial charge is 0.0406 e. The number of hydrogen-bond donors (Lipinski definition) is 1. The van der Waals surface area contributed by atoms with E-state index in [1.165, 1.54) is 11.3 Å². The fourth-order valence-electron chi connectivity index (χ4n) is 1.67. The van der Waals surface area contributed by atoms with Gasteiger partial charge in [0.2, 0.25) is 0 Å². The molecule has 0 aromatic carbocycles. The summed E-state index contributed by atoms with van der Waals surface area (Å²) < 4.78 is 2.25. The first-order valence-corrected chi connectivity index (χ1v) is 5.75. The van der Waals surface area contributed by atoms with E-state index in [1.54, 1.807) is 0 Å². The van der Waals surface area contributed by atoms with Crippen LogP contribution in [-0.2, 0) is 6.54 Å².